The summed E-state index contributed by atoms with van der Waals surface area (Å²) in [6.07, 6.45) is 7.48. The van der Waals surface area contributed by atoms with Crippen molar-refractivity contribution in [1.82, 2.24) is 0 Å². The molecular weight excluding hydrogens is 683 g/mol. The zero-order valence-corrected chi connectivity index (χ0v) is 31.3. The van der Waals surface area contributed by atoms with Crippen LogP contribution in [0.3, 0.4) is 0 Å². The Morgan fingerprint density at radius 2 is 1.36 bits per heavy atom. The number of furan rings is 1. The highest BCUT2D eigenvalue weighted by Crippen LogP contribution is 2.57. The third-order valence-electron chi connectivity index (χ3n) is 12.8. The van der Waals surface area contributed by atoms with Crippen molar-refractivity contribution in [3.05, 3.63) is 175 Å². The molecule has 4 nitrogen and oxygen atoms in total. The number of benzene rings is 7. The van der Waals surface area contributed by atoms with Crippen molar-refractivity contribution >= 4 is 79.2 Å². The minimum Gasteiger partial charge on any atom is -0.458 e. The molecule has 1 fully saturated rings. The van der Waals surface area contributed by atoms with Crippen LogP contribution >= 0.6 is 0 Å². The van der Waals surface area contributed by atoms with Crippen LogP contribution in [0.15, 0.2) is 174 Å². The minimum absolute atomic E-state index is 0.00835. The van der Waals surface area contributed by atoms with E-state index in [2.05, 4.69) is 181 Å². The van der Waals surface area contributed by atoms with Crippen LogP contribution in [0.1, 0.15) is 38.2 Å². The topological polar surface area (TPSA) is 28.9 Å². The third kappa shape index (κ3) is 4.73. The van der Waals surface area contributed by atoms with Gasteiger partial charge in [-0.3, -0.25) is 0 Å². The van der Waals surface area contributed by atoms with Crippen molar-refractivity contribution in [3.63, 3.8) is 0 Å². The molecule has 8 aromatic rings. The first-order valence-electron chi connectivity index (χ1n) is 20.1. The van der Waals surface area contributed by atoms with Crippen LogP contribution in [-0.4, -0.2) is 6.71 Å². The zero-order valence-electron chi connectivity index (χ0n) is 31.3. The second-order valence-corrected chi connectivity index (χ2v) is 16.2. The van der Waals surface area contributed by atoms with Gasteiger partial charge in [0.25, 0.3) is 6.71 Å². The average Bonchev–Trinajstić information content (AvgIpc) is 3.86. The van der Waals surface area contributed by atoms with E-state index in [9.17, 15) is 0 Å². The summed E-state index contributed by atoms with van der Waals surface area (Å²) in [5, 5.41) is 2.14. The molecule has 0 radical (unpaired) electrons. The van der Waals surface area contributed by atoms with E-state index < -0.39 is 0 Å². The van der Waals surface area contributed by atoms with Crippen LogP contribution in [0.5, 0.6) is 11.5 Å². The molecule has 1 aromatic heterocycles. The Hall–Kier alpha value is -6.46. The van der Waals surface area contributed by atoms with Crippen molar-refractivity contribution in [2.24, 2.45) is 5.92 Å². The van der Waals surface area contributed by atoms with Gasteiger partial charge >= 0.3 is 0 Å². The molecule has 12 rings (SSSR count). The number of nitrogens with zero attached hydrogens (tertiary/aromatic N) is 2. The van der Waals surface area contributed by atoms with Gasteiger partial charge in [-0.15, -0.1) is 0 Å². The maximum Gasteiger partial charge on any atom is 0.256 e. The van der Waals surface area contributed by atoms with E-state index in [1.807, 2.05) is 0 Å². The summed E-state index contributed by atoms with van der Waals surface area (Å²) in [5.74, 6) is 2.54. The first-order valence-corrected chi connectivity index (χ1v) is 20.1. The van der Waals surface area contributed by atoms with Gasteiger partial charge in [0.1, 0.15) is 22.7 Å². The van der Waals surface area contributed by atoms with Gasteiger partial charge in [-0.05, 0) is 126 Å². The van der Waals surface area contributed by atoms with Gasteiger partial charge in [-0.2, -0.15) is 0 Å². The molecule has 0 saturated heterocycles. The maximum absolute atomic E-state index is 7.18. The number of fused-ring (bicyclic) bond motifs is 8. The lowest BCUT2D eigenvalue weighted by Gasteiger charge is -2.41. The number of hydrogen-bond donors (Lipinski definition) is 0. The largest absolute Gasteiger partial charge is 0.458 e. The number of para-hydroxylation sites is 4. The molecule has 0 bridgehead atoms. The van der Waals surface area contributed by atoms with E-state index in [-0.39, 0.29) is 12.1 Å². The number of rotatable bonds is 5. The number of allylic oxidation sites excluding steroid dienone is 2. The molecule has 1 saturated carbocycles. The summed E-state index contributed by atoms with van der Waals surface area (Å²) < 4.78 is 14.0. The Morgan fingerprint density at radius 1 is 0.643 bits per heavy atom. The highest BCUT2D eigenvalue weighted by atomic mass is 16.5. The number of anilines is 6. The van der Waals surface area contributed by atoms with Crippen molar-refractivity contribution in [2.75, 3.05) is 9.80 Å². The van der Waals surface area contributed by atoms with Crippen molar-refractivity contribution in [1.29, 1.82) is 0 Å². The van der Waals surface area contributed by atoms with E-state index in [1.165, 1.54) is 47.1 Å². The Morgan fingerprint density at radius 3 is 2.14 bits per heavy atom. The Labute approximate surface area is 327 Å². The molecule has 2 aliphatic heterocycles. The molecule has 2 atom stereocenters. The van der Waals surface area contributed by atoms with Crippen LogP contribution in [0, 0.1) is 5.92 Å². The van der Waals surface area contributed by atoms with Gasteiger partial charge in [-0.1, -0.05) is 97.8 Å². The molecule has 2 aliphatic carbocycles. The van der Waals surface area contributed by atoms with Gasteiger partial charge in [0.2, 0.25) is 0 Å². The fourth-order valence-electron chi connectivity index (χ4n) is 10.2. The third-order valence-corrected chi connectivity index (χ3v) is 12.8. The molecule has 0 spiro atoms. The SMILES string of the molecule is CC1CCCC2=CC2(c2cc3c4c(c2)N(c2ccccc2)c2ccccc2B4c2cc4oc5cc(N(c6ccccc6)c6ccccc6)ccc5c4cc2O3)C1. The fraction of sp³-hybridized carbons (Fsp3) is 0.137. The maximum atomic E-state index is 7.18. The van der Waals surface area contributed by atoms with E-state index in [0.29, 0.717) is 5.92 Å². The summed E-state index contributed by atoms with van der Waals surface area (Å²) in [5.41, 5.74) is 15.2. The van der Waals surface area contributed by atoms with Crippen LogP contribution < -0.4 is 30.9 Å². The molecule has 3 heterocycles. The molecule has 268 valence electrons. The van der Waals surface area contributed by atoms with E-state index in [0.717, 1.165) is 68.1 Å². The van der Waals surface area contributed by atoms with Crippen molar-refractivity contribution in [3.8, 4) is 11.5 Å². The molecule has 0 amide bonds. The first kappa shape index (κ1) is 31.9. The van der Waals surface area contributed by atoms with Gasteiger partial charge in [0.05, 0.1) is 0 Å². The van der Waals surface area contributed by atoms with Gasteiger partial charge < -0.3 is 19.0 Å². The highest BCUT2D eigenvalue weighted by Gasteiger charge is 2.49. The first-order chi connectivity index (χ1) is 27.6. The average molecular weight is 723 g/mol. The summed E-state index contributed by atoms with van der Waals surface area (Å²) in [6.45, 7) is 2.42. The van der Waals surface area contributed by atoms with Crippen LogP contribution in [0.25, 0.3) is 21.9 Å². The van der Waals surface area contributed by atoms with Gasteiger partial charge in [0, 0.05) is 56.4 Å². The number of hydrogen-bond acceptors (Lipinski definition) is 4. The molecule has 7 aromatic carbocycles. The second-order valence-electron chi connectivity index (χ2n) is 16.2. The predicted molar refractivity (Wildman–Crippen MR) is 232 cm³/mol. The van der Waals surface area contributed by atoms with Crippen molar-refractivity contribution < 1.29 is 9.15 Å². The second kappa shape index (κ2) is 12.0. The molecule has 5 heteroatoms. The molecule has 2 unspecified atom stereocenters. The lowest BCUT2D eigenvalue weighted by atomic mass is 9.34. The Bertz CT molecular complexity index is 2840. The summed E-state index contributed by atoms with van der Waals surface area (Å²) in [7, 11) is 0. The van der Waals surface area contributed by atoms with Crippen LogP contribution in [0.2, 0.25) is 0 Å². The minimum atomic E-state index is -0.00835. The monoisotopic (exact) mass is 722 g/mol. The Kier molecular flexibility index (Phi) is 6.84. The quantitative estimate of drug-likeness (QED) is 0.131. The summed E-state index contributed by atoms with van der Waals surface area (Å²) >= 11 is 0. The molecule has 0 N–H and O–H groups in total. The van der Waals surface area contributed by atoms with E-state index >= 15 is 0 Å². The van der Waals surface area contributed by atoms with Crippen LogP contribution in [-0.2, 0) is 5.41 Å². The van der Waals surface area contributed by atoms with E-state index in [4.69, 9.17) is 9.15 Å². The molecule has 56 heavy (non-hydrogen) atoms. The fourth-order valence-corrected chi connectivity index (χ4v) is 10.2. The summed E-state index contributed by atoms with van der Waals surface area (Å²) in [6, 6.07) is 56.8. The molecular formula is C51H39BN2O2. The predicted octanol–water partition coefficient (Wildman–Crippen LogP) is 11.8. The Balaban J connectivity index is 1.05. The van der Waals surface area contributed by atoms with Gasteiger partial charge in [0.15, 0.2) is 0 Å². The smallest absolute Gasteiger partial charge is 0.256 e. The zero-order chi connectivity index (χ0) is 37.0. The number of ether oxygens (including phenoxy) is 1. The highest BCUT2D eigenvalue weighted by molar-refractivity contribution is 6.99. The molecule has 4 aliphatic rings. The normalized spacial score (nSPS) is 18.9. The lowest BCUT2D eigenvalue weighted by Crippen LogP contribution is -2.59. The van der Waals surface area contributed by atoms with Gasteiger partial charge in [-0.25, -0.2) is 0 Å². The standard InChI is InChI=1S/C51H39BN2O2/c1-33-14-13-15-34-32-51(34,31-33)35-26-45-50-49(27-35)56-48-29-41-40-25-24-39(53(36-16-5-2-6-17-36)37-18-7-3-8-19-37)28-46(40)55-47(41)30-43(48)52(50)42-22-11-12-23-44(42)54(45)38-20-9-4-10-21-38/h2-12,16-30,32-33H,13-15,31H2,1H3. The summed E-state index contributed by atoms with van der Waals surface area (Å²) in [4.78, 5) is 4.75. The van der Waals surface area contributed by atoms with Crippen LogP contribution in [0.4, 0.5) is 34.1 Å². The van der Waals surface area contributed by atoms with Crippen molar-refractivity contribution in [2.45, 2.75) is 38.0 Å². The lowest BCUT2D eigenvalue weighted by molar-refractivity contribution is 0.455. The van der Waals surface area contributed by atoms with E-state index in [1.54, 1.807) is 5.57 Å².